The zero-order chi connectivity index (χ0) is 22.2. The van der Waals surface area contributed by atoms with Crippen LogP contribution < -0.4 is 16.4 Å². The molecule has 2 aromatic heterocycles. The quantitative estimate of drug-likeness (QED) is 0.362. The number of nitrogens with zero attached hydrogens (tertiary/aromatic N) is 2. The van der Waals surface area contributed by atoms with Gasteiger partial charge in [0.05, 0.1) is 11.1 Å². The lowest BCUT2D eigenvalue weighted by Gasteiger charge is -2.19. The largest absolute Gasteiger partial charge is 0.382 e. The van der Waals surface area contributed by atoms with Gasteiger partial charge < -0.3 is 16.4 Å². The second-order valence-corrected chi connectivity index (χ2v) is 8.27. The maximum absolute atomic E-state index is 13.7. The molecule has 2 aromatic carbocycles. The Morgan fingerprint density at radius 1 is 1.06 bits per heavy atom. The number of carbonyl (C=O) groups excluding carboxylic acids is 1. The number of rotatable bonds is 3. The molecular weight excluding hydrogens is 395 g/mol. The van der Waals surface area contributed by atoms with Gasteiger partial charge in [0.2, 0.25) is 0 Å². The Kier molecular flexibility index (Phi) is 5.06. The van der Waals surface area contributed by atoms with Crippen LogP contribution in [-0.2, 0) is 5.41 Å². The van der Waals surface area contributed by atoms with Gasteiger partial charge in [-0.2, -0.15) is 5.10 Å². The molecule has 2 amide bonds. The van der Waals surface area contributed by atoms with Crippen molar-refractivity contribution in [3.05, 3.63) is 66.1 Å². The molecule has 2 heterocycles. The molecule has 0 atom stereocenters. The fourth-order valence-corrected chi connectivity index (χ4v) is 3.25. The van der Waals surface area contributed by atoms with Crippen molar-refractivity contribution in [1.29, 1.82) is 0 Å². The van der Waals surface area contributed by atoms with E-state index in [-0.39, 0.29) is 11.1 Å². The van der Waals surface area contributed by atoms with Gasteiger partial charge >= 0.3 is 6.03 Å². The molecule has 0 saturated heterocycles. The summed E-state index contributed by atoms with van der Waals surface area (Å²) >= 11 is 0. The third kappa shape index (κ3) is 4.18. The number of aromatic nitrogens is 3. The van der Waals surface area contributed by atoms with Crippen LogP contribution in [-0.4, -0.2) is 21.2 Å². The molecule has 0 bridgehead atoms. The summed E-state index contributed by atoms with van der Waals surface area (Å²) < 4.78 is 13.7. The number of nitrogen functional groups attached to an aromatic ring is 1. The van der Waals surface area contributed by atoms with Crippen molar-refractivity contribution >= 4 is 34.3 Å². The maximum Gasteiger partial charge on any atom is 0.323 e. The van der Waals surface area contributed by atoms with Gasteiger partial charge in [-0.25, -0.2) is 14.2 Å². The Labute approximate surface area is 178 Å². The molecule has 0 aliphatic heterocycles. The van der Waals surface area contributed by atoms with Gasteiger partial charge in [-0.05, 0) is 41.5 Å². The molecule has 8 heteroatoms. The number of hydrogen-bond acceptors (Lipinski definition) is 4. The lowest BCUT2D eigenvalue weighted by molar-refractivity contribution is 0.262. The fraction of sp³-hybridized carbons (Fsp3) is 0.174. The molecule has 4 aromatic rings. The summed E-state index contributed by atoms with van der Waals surface area (Å²) in [6, 6.07) is 14.8. The van der Waals surface area contributed by atoms with Crippen LogP contribution in [0.4, 0.5) is 26.4 Å². The van der Waals surface area contributed by atoms with Crippen molar-refractivity contribution in [2.45, 2.75) is 26.2 Å². The number of H-pyrrole nitrogens is 1. The zero-order valence-corrected chi connectivity index (χ0v) is 17.5. The summed E-state index contributed by atoms with van der Waals surface area (Å²) in [5.41, 5.74) is 9.95. The number of halogens is 1. The summed E-state index contributed by atoms with van der Waals surface area (Å²) in [5.74, 6) is -0.119. The van der Waals surface area contributed by atoms with Crippen LogP contribution in [0, 0.1) is 5.82 Å². The molecule has 0 saturated carbocycles. The molecular formula is C23H23FN6O. The number of aromatic amines is 1. The summed E-state index contributed by atoms with van der Waals surface area (Å²) in [7, 11) is 0. The van der Waals surface area contributed by atoms with E-state index >= 15 is 0 Å². The Morgan fingerprint density at radius 3 is 2.45 bits per heavy atom. The molecule has 0 spiro atoms. The number of anilines is 3. The van der Waals surface area contributed by atoms with E-state index < -0.39 is 11.8 Å². The highest BCUT2D eigenvalue weighted by Gasteiger charge is 2.21. The monoisotopic (exact) mass is 418 g/mol. The van der Waals surface area contributed by atoms with E-state index in [9.17, 15) is 9.18 Å². The summed E-state index contributed by atoms with van der Waals surface area (Å²) in [6.45, 7) is 6.27. The number of amides is 2. The molecule has 158 valence electrons. The molecule has 0 aliphatic carbocycles. The topological polar surface area (TPSA) is 109 Å². The predicted octanol–water partition coefficient (Wildman–Crippen LogP) is 5.29. The van der Waals surface area contributed by atoms with Gasteiger partial charge in [0.1, 0.15) is 5.82 Å². The van der Waals surface area contributed by atoms with Gasteiger partial charge in [-0.15, -0.1) is 0 Å². The number of nitrogens with one attached hydrogen (secondary N) is 3. The van der Waals surface area contributed by atoms with Crippen LogP contribution >= 0.6 is 0 Å². The number of para-hydroxylation sites is 1. The summed E-state index contributed by atoms with van der Waals surface area (Å²) in [4.78, 5) is 16.9. The lowest BCUT2D eigenvalue weighted by atomic mass is 9.89. The first-order valence-electron chi connectivity index (χ1n) is 9.80. The van der Waals surface area contributed by atoms with Crippen LogP contribution in [0.25, 0.3) is 22.2 Å². The fourth-order valence-electron chi connectivity index (χ4n) is 3.25. The minimum absolute atomic E-state index is 0.112. The van der Waals surface area contributed by atoms with Crippen LogP contribution in [0.15, 0.2) is 54.6 Å². The maximum atomic E-state index is 13.7. The Hall–Kier alpha value is -3.94. The van der Waals surface area contributed by atoms with Crippen molar-refractivity contribution in [3.8, 4) is 11.1 Å². The summed E-state index contributed by atoms with van der Waals surface area (Å²) in [6.07, 6.45) is 0. The third-order valence-corrected chi connectivity index (χ3v) is 4.90. The van der Waals surface area contributed by atoms with E-state index in [0.29, 0.717) is 17.2 Å². The molecule has 0 unspecified atom stereocenters. The first-order valence-corrected chi connectivity index (χ1v) is 9.80. The Balaban J connectivity index is 1.61. The number of nitrogens with two attached hydrogens (primary N) is 1. The van der Waals surface area contributed by atoms with E-state index in [0.717, 1.165) is 22.2 Å². The Bertz CT molecular complexity index is 1260. The first kappa shape index (κ1) is 20.3. The molecule has 5 N–H and O–H groups in total. The van der Waals surface area contributed by atoms with Crippen molar-refractivity contribution < 1.29 is 9.18 Å². The number of pyridine rings is 1. The normalized spacial score (nSPS) is 11.5. The molecule has 7 nitrogen and oxygen atoms in total. The summed E-state index contributed by atoms with van der Waals surface area (Å²) in [5, 5.41) is 13.0. The van der Waals surface area contributed by atoms with Crippen molar-refractivity contribution in [2.24, 2.45) is 0 Å². The predicted molar refractivity (Wildman–Crippen MR) is 121 cm³/mol. The van der Waals surface area contributed by atoms with Crippen LogP contribution in [0.1, 0.15) is 26.5 Å². The highest BCUT2D eigenvalue weighted by Crippen LogP contribution is 2.34. The highest BCUT2D eigenvalue weighted by molar-refractivity contribution is 6.01. The molecule has 31 heavy (non-hydrogen) atoms. The zero-order valence-electron chi connectivity index (χ0n) is 17.5. The standard InChI is InChI=1S/C23H23FN6O/c1-23(2,3)18-12-15(19-20(25)29-30-21(19)28-18)13-8-10-14(11-9-13)26-22(31)27-17-7-5-4-6-16(17)24/h4-12H,1-3H3,(H2,26,27,31)(H3,25,28,29,30). The number of benzene rings is 2. The molecule has 0 radical (unpaired) electrons. The minimum Gasteiger partial charge on any atom is -0.382 e. The minimum atomic E-state index is -0.529. The van der Waals surface area contributed by atoms with Gasteiger partial charge in [-0.1, -0.05) is 45.0 Å². The number of fused-ring (bicyclic) bond motifs is 1. The third-order valence-electron chi connectivity index (χ3n) is 4.90. The van der Waals surface area contributed by atoms with E-state index in [1.54, 1.807) is 24.3 Å². The second kappa shape index (κ2) is 7.71. The van der Waals surface area contributed by atoms with Crippen molar-refractivity contribution in [2.75, 3.05) is 16.4 Å². The molecule has 0 fully saturated rings. The van der Waals surface area contributed by atoms with Crippen LogP contribution in [0.2, 0.25) is 0 Å². The van der Waals surface area contributed by atoms with E-state index in [2.05, 4.69) is 46.6 Å². The molecule has 4 rings (SSSR count). The van der Waals surface area contributed by atoms with Crippen molar-refractivity contribution in [3.63, 3.8) is 0 Å². The highest BCUT2D eigenvalue weighted by atomic mass is 19.1. The number of carbonyl (C=O) groups is 1. The smallest absolute Gasteiger partial charge is 0.323 e. The van der Waals surface area contributed by atoms with Crippen LogP contribution in [0.3, 0.4) is 0 Å². The van der Waals surface area contributed by atoms with Gasteiger partial charge in [0, 0.05) is 16.8 Å². The lowest BCUT2D eigenvalue weighted by Crippen LogP contribution is -2.20. The van der Waals surface area contributed by atoms with Crippen molar-refractivity contribution in [1.82, 2.24) is 15.2 Å². The van der Waals surface area contributed by atoms with E-state index in [4.69, 9.17) is 5.73 Å². The average Bonchev–Trinajstić information content (AvgIpc) is 3.10. The first-order chi connectivity index (χ1) is 14.7. The van der Waals surface area contributed by atoms with Crippen LogP contribution in [0.5, 0.6) is 0 Å². The average molecular weight is 418 g/mol. The molecule has 0 aliphatic rings. The van der Waals surface area contributed by atoms with Gasteiger partial charge in [0.25, 0.3) is 0 Å². The number of urea groups is 1. The van der Waals surface area contributed by atoms with E-state index in [1.807, 2.05) is 18.2 Å². The SMILES string of the molecule is CC(C)(C)c1cc(-c2ccc(NC(=O)Nc3ccccc3F)cc2)c2c(N)n[nH]c2n1. The number of hydrogen-bond donors (Lipinski definition) is 4. The van der Waals surface area contributed by atoms with Gasteiger partial charge in [-0.3, -0.25) is 5.10 Å². The Morgan fingerprint density at radius 2 is 1.77 bits per heavy atom. The second-order valence-electron chi connectivity index (χ2n) is 8.27. The van der Waals surface area contributed by atoms with Gasteiger partial charge in [0.15, 0.2) is 11.5 Å². The van der Waals surface area contributed by atoms with E-state index in [1.165, 1.54) is 12.1 Å².